The number of hydrogen-bond acceptors (Lipinski definition) is 2. The lowest BCUT2D eigenvalue weighted by Crippen LogP contribution is -2.35. The Labute approximate surface area is 93.3 Å². The molecule has 0 unspecified atom stereocenters. The molecule has 2 fully saturated rings. The summed E-state index contributed by atoms with van der Waals surface area (Å²) in [5.74, 6) is 0.706. The molecule has 1 heterocycles. The summed E-state index contributed by atoms with van der Waals surface area (Å²) < 4.78 is 11.5. The van der Waals surface area contributed by atoms with Crippen LogP contribution in [0.25, 0.3) is 0 Å². The van der Waals surface area contributed by atoms with Crippen molar-refractivity contribution in [2.75, 3.05) is 13.2 Å². The maximum atomic E-state index is 5.74. The van der Waals surface area contributed by atoms with Crippen LogP contribution in [0, 0.1) is 11.3 Å². The average Bonchev–Trinajstić information content (AvgIpc) is 2.56. The van der Waals surface area contributed by atoms with Crippen LogP contribution in [-0.2, 0) is 9.47 Å². The van der Waals surface area contributed by atoms with Gasteiger partial charge in [0.05, 0.1) is 13.2 Å². The van der Waals surface area contributed by atoms with Crippen molar-refractivity contribution >= 4 is 0 Å². The molecular formula is C13H24O2. The zero-order chi connectivity index (χ0) is 10.9. The first-order valence-electron chi connectivity index (χ1n) is 6.27. The van der Waals surface area contributed by atoms with Crippen molar-refractivity contribution in [1.29, 1.82) is 0 Å². The quantitative estimate of drug-likeness (QED) is 0.663. The van der Waals surface area contributed by atoms with Crippen molar-refractivity contribution in [1.82, 2.24) is 0 Å². The molecule has 1 saturated heterocycles. The fourth-order valence-corrected chi connectivity index (χ4v) is 2.97. The smallest absolute Gasteiger partial charge is 0.168 e. The van der Waals surface area contributed by atoms with Gasteiger partial charge in [-0.15, -0.1) is 0 Å². The Balaban J connectivity index is 1.81. The molecule has 1 aliphatic heterocycles. The SMILES string of the molecule is CC(C)(C)CC1CCC2(CC1)OCCO2. The molecule has 2 heteroatoms. The third kappa shape index (κ3) is 2.94. The third-order valence-electron chi connectivity index (χ3n) is 3.58. The van der Waals surface area contributed by atoms with Crippen molar-refractivity contribution in [3.63, 3.8) is 0 Å². The molecule has 0 radical (unpaired) electrons. The van der Waals surface area contributed by atoms with Gasteiger partial charge in [0.25, 0.3) is 0 Å². The fourth-order valence-electron chi connectivity index (χ4n) is 2.97. The highest BCUT2D eigenvalue weighted by atomic mass is 16.7. The molecule has 2 rings (SSSR count). The van der Waals surface area contributed by atoms with E-state index in [9.17, 15) is 0 Å². The second kappa shape index (κ2) is 4.06. The normalized spacial score (nSPS) is 27.4. The van der Waals surface area contributed by atoms with Gasteiger partial charge >= 0.3 is 0 Å². The lowest BCUT2D eigenvalue weighted by atomic mass is 9.76. The first-order chi connectivity index (χ1) is 6.99. The van der Waals surface area contributed by atoms with Gasteiger partial charge in [0.15, 0.2) is 5.79 Å². The van der Waals surface area contributed by atoms with Crippen molar-refractivity contribution in [2.45, 2.75) is 58.7 Å². The predicted molar refractivity (Wildman–Crippen MR) is 60.7 cm³/mol. The molecule has 0 aromatic heterocycles. The van der Waals surface area contributed by atoms with E-state index >= 15 is 0 Å². The van der Waals surface area contributed by atoms with Gasteiger partial charge in [0.2, 0.25) is 0 Å². The average molecular weight is 212 g/mol. The van der Waals surface area contributed by atoms with Crippen molar-refractivity contribution in [3.05, 3.63) is 0 Å². The van der Waals surface area contributed by atoms with Gasteiger partial charge in [-0.3, -0.25) is 0 Å². The van der Waals surface area contributed by atoms with E-state index in [1.807, 2.05) is 0 Å². The van der Waals surface area contributed by atoms with Gasteiger partial charge in [0, 0.05) is 12.8 Å². The maximum Gasteiger partial charge on any atom is 0.168 e. The van der Waals surface area contributed by atoms with E-state index < -0.39 is 0 Å². The standard InChI is InChI=1S/C13H24O2/c1-12(2,3)10-11-4-6-13(7-5-11)14-8-9-15-13/h11H,4-10H2,1-3H3. The molecule has 1 saturated carbocycles. The Morgan fingerprint density at radius 3 is 2.07 bits per heavy atom. The van der Waals surface area contributed by atoms with Crippen LogP contribution in [-0.4, -0.2) is 19.0 Å². The Bertz CT molecular complexity index is 201. The number of ether oxygens (including phenoxy) is 2. The van der Waals surface area contributed by atoms with Crippen molar-refractivity contribution < 1.29 is 9.47 Å². The van der Waals surface area contributed by atoms with Gasteiger partial charge in [-0.05, 0) is 30.6 Å². The minimum absolute atomic E-state index is 0.172. The summed E-state index contributed by atoms with van der Waals surface area (Å²) in [5, 5.41) is 0. The monoisotopic (exact) mass is 212 g/mol. The highest BCUT2D eigenvalue weighted by Gasteiger charge is 2.40. The van der Waals surface area contributed by atoms with Crippen molar-refractivity contribution in [3.8, 4) is 0 Å². The van der Waals surface area contributed by atoms with E-state index in [1.165, 1.54) is 19.3 Å². The summed E-state index contributed by atoms with van der Waals surface area (Å²) in [6, 6.07) is 0. The van der Waals surface area contributed by atoms with E-state index in [2.05, 4.69) is 20.8 Å². The number of rotatable bonds is 1. The molecule has 0 amide bonds. The molecule has 15 heavy (non-hydrogen) atoms. The molecule has 0 bridgehead atoms. The molecule has 0 N–H and O–H groups in total. The lowest BCUT2D eigenvalue weighted by Gasteiger charge is -2.37. The van der Waals surface area contributed by atoms with Crippen LogP contribution >= 0.6 is 0 Å². The first-order valence-corrected chi connectivity index (χ1v) is 6.27. The number of hydrogen-bond donors (Lipinski definition) is 0. The van der Waals surface area contributed by atoms with E-state index in [0.29, 0.717) is 5.41 Å². The third-order valence-corrected chi connectivity index (χ3v) is 3.58. The molecule has 88 valence electrons. The highest BCUT2D eigenvalue weighted by molar-refractivity contribution is 4.84. The second-order valence-corrected chi connectivity index (χ2v) is 6.32. The maximum absolute atomic E-state index is 5.74. The summed E-state index contributed by atoms with van der Waals surface area (Å²) in [6.07, 6.45) is 6.10. The Kier molecular flexibility index (Phi) is 3.09. The summed E-state index contributed by atoms with van der Waals surface area (Å²) in [5.41, 5.74) is 0.465. The van der Waals surface area contributed by atoms with Gasteiger partial charge in [0.1, 0.15) is 0 Å². The molecule has 0 aromatic carbocycles. The molecule has 2 aliphatic rings. The van der Waals surface area contributed by atoms with Crippen LogP contribution in [0.1, 0.15) is 52.9 Å². The fraction of sp³-hybridized carbons (Fsp3) is 1.00. The zero-order valence-corrected chi connectivity index (χ0v) is 10.3. The predicted octanol–water partition coefficient (Wildman–Crippen LogP) is 3.36. The zero-order valence-electron chi connectivity index (χ0n) is 10.3. The van der Waals surface area contributed by atoms with Gasteiger partial charge in [-0.2, -0.15) is 0 Å². The Morgan fingerprint density at radius 2 is 1.60 bits per heavy atom. The second-order valence-electron chi connectivity index (χ2n) is 6.32. The van der Waals surface area contributed by atoms with Crippen molar-refractivity contribution in [2.24, 2.45) is 11.3 Å². The minimum Gasteiger partial charge on any atom is -0.348 e. The Hall–Kier alpha value is -0.0800. The summed E-state index contributed by atoms with van der Waals surface area (Å²) >= 11 is 0. The summed E-state index contributed by atoms with van der Waals surface area (Å²) in [6.45, 7) is 8.59. The van der Waals surface area contributed by atoms with Crippen LogP contribution in [0.3, 0.4) is 0 Å². The van der Waals surface area contributed by atoms with E-state index in [1.54, 1.807) is 0 Å². The molecule has 1 spiro atoms. The molecular weight excluding hydrogens is 188 g/mol. The summed E-state index contributed by atoms with van der Waals surface area (Å²) in [4.78, 5) is 0. The first kappa shape index (κ1) is 11.4. The van der Waals surface area contributed by atoms with E-state index in [4.69, 9.17) is 9.47 Å². The molecule has 2 nitrogen and oxygen atoms in total. The van der Waals surface area contributed by atoms with E-state index in [0.717, 1.165) is 32.0 Å². The van der Waals surface area contributed by atoms with Crippen LogP contribution in [0.5, 0.6) is 0 Å². The van der Waals surface area contributed by atoms with Crippen LogP contribution in [0.15, 0.2) is 0 Å². The summed E-state index contributed by atoms with van der Waals surface area (Å²) in [7, 11) is 0. The minimum atomic E-state index is -0.172. The topological polar surface area (TPSA) is 18.5 Å². The van der Waals surface area contributed by atoms with Gasteiger partial charge in [-0.1, -0.05) is 20.8 Å². The highest BCUT2D eigenvalue weighted by Crippen LogP contribution is 2.41. The molecule has 0 atom stereocenters. The largest absolute Gasteiger partial charge is 0.348 e. The van der Waals surface area contributed by atoms with Gasteiger partial charge < -0.3 is 9.47 Å². The van der Waals surface area contributed by atoms with Gasteiger partial charge in [-0.25, -0.2) is 0 Å². The van der Waals surface area contributed by atoms with Crippen LogP contribution in [0.2, 0.25) is 0 Å². The Morgan fingerprint density at radius 1 is 1.07 bits per heavy atom. The lowest BCUT2D eigenvalue weighted by molar-refractivity contribution is -0.183. The van der Waals surface area contributed by atoms with Crippen LogP contribution in [0.4, 0.5) is 0 Å². The molecule has 1 aliphatic carbocycles. The van der Waals surface area contributed by atoms with E-state index in [-0.39, 0.29) is 5.79 Å². The molecule has 0 aromatic rings. The van der Waals surface area contributed by atoms with Crippen LogP contribution < -0.4 is 0 Å².